The molecule has 2 aromatic carbocycles. The Morgan fingerprint density at radius 2 is 1.76 bits per heavy atom. The van der Waals surface area contributed by atoms with E-state index in [1.54, 1.807) is 12.1 Å². The van der Waals surface area contributed by atoms with E-state index in [4.69, 9.17) is 26.8 Å². The smallest absolute Gasteiger partial charge is 0.416 e. The van der Waals surface area contributed by atoms with Crippen LogP contribution >= 0.6 is 11.6 Å². The van der Waals surface area contributed by atoms with Crippen molar-refractivity contribution >= 4 is 30.1 Å². The van der Waals surface area contributed by atoms with Crippen LogP contribution in [-0.2, 0) is 38.3 Å². The van der Waals surface area contributed by atoms with Crippen LogP contribution in [0.1, 0.15) is 17.2 Å². The number of benzene rings is 2. The van der Waals surface area contributed by atoms with Gasteiger partial charge in [0, 0.05) is 10.6 Å². The minimum atomic E-state index is -4.79. The second-order valence-corrected chi connectivity index (χ2v) is 9.21. The lowest BCUT2D eigenvalue weighted by molar-refractivity contribution is -0.139. The van der Waals surface area contributed by atoms with Crippen molar-refractivity contribution in [3.8, 4) is 11.4 Å². The molecule has 1 unspecified atom stereocenters. The average Bonchev–Trinajstić information content (AvgIpc) is 3.24. The number of halogens is 4. The van der Waals surface area contributed by atoms with Crippen LogP contribution in [-0.4, -0.2) is 45.0 Å². The molecule has 0 fully saturated rings. The van der Waals surface area contributed by atoms with Crippen LogP contribution in [0.3, 0.4) is 0 Å². The molecule has 0 aliphatic heterocycles. The third kappa shape index (κ3) is 7.46. The number of aromatic nitrogens is 3. The molecule has 0 saturated heterocycles. The lowest BCUT2D eigenvalue weighted by Crippen LogP contribution is -2.40. The molecule has 3 N–H and O–H groups in total. The summed E-state index contributed by atoms with van der Waals surface area (Å²) in [5, 5.41) is 6.98. The number of carbonyl (C=O) groups is 3. The number of hydrogen-bond acceptors (Lipinski definition) is 7. The van der Waals surface area contributed by atoms with E-state index in [2.05, 4.69) is 23.6 Å². The van der Waals surface area contributed by atoms with Gasteiger partial charge in [-0.15, -0.1) is 5.10 Å². The lowest BCUT2D eigenvalue weighted by Gasteiger charge is -2.25. The van der Waals surface area contributed by atoms with Gasteiger partial charge in [-0.05, 0) is 48.0 Å². The van der Waals surface area contributed by atoms with Gasteiger partial charge in [-0.1, -0.05) is 43.0 Å². The Kier molecular flexibility index (Phi) is 9.96. The van der Waals surface area contributed by atoms with Gasteiger partial charge in [0.15, 0.2) is 11.4 Å². The number of nitrogens with zero attached hydrogens (tertiary/aromatic N) is 3. The van der Waals surface area contributed by atoms with Crippen molar-refractivity contribution in [2.75, 3.05) is 6.61 Å². The summed E-state index contributed by atoms with van der Waals surface area (Å²) in [5.41, 5.74) is 1.55. The quantitative estimate of drug-likeness (QED) is 0.223. The number of primary amides is 1. The molecule has 1 atom stereocenters. The summed E-state index contributed by atoms with van der Waals surface area (Å²) in [5.74, 6) is -0.898. The fourth-order valence-corrected chi connectivity index (χ4v) is 4.12. The number of nitrogens with one attached hydrogen (secondary N) is 1. The number of alkyl halides is 3. The zero-order valence-electron chi connectivity index (χ0n) is 21.8. The first-order chi connectivity index (χ1) is 19.8. The molecule has 222 valence electrons. The number of carbonyl (C=O) groups excluding carboxylic acids is 3. The van der Waals surface area contributed by atoms with Gasteiger partial charge in [0.05, 0.1) is 18.2 Å². The van der Waals surface area contributed by atoms with E-state index in [9.17, 15) is 32.3 Å². The number of rotatable bonds is 13. The van der Waals surface area contributed by atoms with E-state index in [1.807, 2.05) is 0 Å². The van der Waals surface area contributed by atoms with Gasteiger partial charge >= 0.3 is 18.0 Å². The Balaban J connectivity index is 2.02. The average molecular weight is 608 g/mol. The molecule has 3 rings (SSSR count). The second-order valence-electron chi connectivity index (χ2n) is 8.77. The van der Waals surface area contributed by atoms with E-state index >= 15 is 0 Å². The molecular formula is C27H25ClF3N5O6. The maximum Gasteiger partial charge on any atom is 0.416 e. The van der Waals surface area contributed by atoms with Crippen LogP contribution in [0, 0.1) is 0 Å². The molecule has 0 radical (unpaired) electrons. The third-order valence-electron chi connectivity index (χ3n) is 6.05. The Labute approximate surface area is 242 Å². The Morgan fingerprint density at radius 3 is 2.33 bits per heavy atom. The summed E-state index contributed by atoms with van der Waals surface area (Å²) >= 11 is 5.98. The Morgan fingerprint density at radius 1 is 1.12 bits per heavy atom. The summed E-state index contributed by atoms with van der Waals surface area (Å²) in [6.07, 6.45) is -3.57. The standard InChI is InChI=1S/C27H25ClF3N5O6/c1-3-26(4-2,42-16-37)15-35-23(17-9-11-18(28)12-10-17)34-36(25(35)40)13-22(38)33-21(14-41-24(32)39)19-7-5-6-8-20(19)27(29,30)31/h3-12,16,21H,1-2,13-15H2,(H2,32,39)(H,33,38). The zero-order chi connectivity index (χ0) is 31.1. The van der Waals surface area contributed by atoms with Crippen LogP contribution in [0.15, 0.2) is 78.6 Å². The zero-order valence-corrected chi connectivity index (χ0v) is 22.6. The second kappa shape index (κ2) is 13.2. The maximum absolute atomic E-state index is 13.7. The summed E-state index contributed by atoms with van der Waals surface area (Å²) in [6.45, 7) is 5.61. The molecule has 3 aromatic rings. The largest absolute Gasteiger partial charge is 0.451 e. The highest BCUT2D eigenvalue weighted by Crippen LogP contribution is 2.34. The summed E-state index contributed by atoms with van der Waals surface area (Å²) in [6, 6.07) is 9.08. The van der Waals surface area contributed by atoms with E-state index in [0.29, 0.717) is 10.6 Å². The Bertz CT molecular complexity index is 1530. The third-order valence-corrected chi connectivity index (χ3v) is 6.30. The molecule has 2 amide bonds. The molecule has 0 bridgehead atoms. The SMILES string of the molecule is C=CC(C=C)(Cn1c(-c2ccc(Cl)cc2)nn(CC(=O)NC(COC(N)=O)c2ccccc2C(F)(F)F)c1=O)OC=O. The molecular weight excluding hydrogens is 583 g/mol. The first-order valence-electron chi connectivity index (χ1n) is 12.0. The van der Waals surface area contributed by atoms with E-state index in [-0.39, 0.29) is 18.8 Å². The number of hydrogen-bond donors (Lipinski definition) is 2. The van der Waals surface area contributed by atoms with Crippen molar-refractivity contribution in [2.24, 2.45) is 5.73 Å². The van der Waals surface area contributed by atoms with Crippen molar-refractivity contribution in [3.63, 3.8) is 0 Å². The fourth-order valence-electron chi connectivity index (χ4n) is 3.99. The highest BCUT2D eigenvalue weighted by Gasteiger charge is 2.36. The normalized spacial score (nSPS) is 12.2. The number of amides is 2. The summed E-state index contributed by atoms with van der Waals surface area (Å²) in [7, 11) is 0. The topological polar surface area (TPSA) is 148 Å². The van der Waals surface area contributed by atoms with Crippen LogP contribution in [0.25, 0.3) is 11.4 Å². The van der Waals surface area contributed by atoms with Gasteiger partial charge in [0.25, 0.3) is 6.47 Å². The van der Waals surface area contributed by atoms with Gasteiger partial charge in [0.1, 0.15) is 13.2 Å². The number of ether oxygens (including phenoxy) is 2. The number of nitrogens with two attached hydrogens (primary N) is 1. The molecule has 15 heteroatoms. The van der Waals surface area contributed by atoms with Crippen molar-refractivity contribution in [1.82, 2.24) is 19.7 Å². The van der Waals surface area contributed by atoms with Crippen LogP contribution in [0.5, 0.6) is 0 Å². The van der Waals surface area contributed by atoms with E-state index < -0.39 is 59.8 Å². The van der Waals surface area contributed by atoms with Gasteiger partial charge in [-0.25, -0.2) is 14.3 Å². The van der Waals surface area contributed by atoms with Crippen molar-refractivity contribution in [2.45, 2.75) is 30.9 Å². The van der Waals surface area contributed by atoms with Crippen LogP contribution in [0.4, 0.5) is 18.0 Å². The minimum Gasteiger partial charge on any atom is -0.451 e. The van der Waals surface area contributed by atoms with Crippen LogP contribution in [0.2, 0.25) is 5.02 Å². The summed E-state index contributed by atoms with van der Waals surface area (Å²) in [4.78, 5) is 48.9. The van der Waals surface area contributed by atoms with Crippen molar-refractivity contribution in [1.29, 1.82) is 0 Å². The molecule has 0 saturated carbocycles. The maximum atomic E-state index is 13.7. The molecule has 0 aliphatic carbocycles. The monoisotopic (exact) mass is 607 g/mol. The van der Waals surface area contributed by atoms with Gasteiger partial charge in [-0.2, -0.15) is 13.2 Å². The van der Waals surface area contributed by atoms with Gasteiger partial charge in [-0.3, -0.25) is 14.2 Å². The molecule has 0 aliphatic rings. The van der Waals surface area contributed by atoms with E-state index in [0.717, 1.165) is 27.4 Å². The van der Waals surface area contributed by atoms with E-state index in [1.165, 1.54) is 30.4 Å². The fraction of sp³-hybridized carbons (Fsp3) is 0.222. The predicted octanol–water partition coefficient (Wildman–Crippen LogP) is 3.62. The molecule has 11 nitrogen and oxygen atoms in total. The van der Waals surface area contributed by atoms with Gasteiger partial charge in [0.2, 0.25) is 5.91 Å². The Hall–Kier alpha value is -4.85. The molecule has 1 aromatic heterocycles. The minimum absolute atomic E-state index is 0.0445. The van der Waals surface area contributed by atoms with Gasteiger partial charge < -0.3 is 20.5 Å². The molecule has 42 heavy (non-hydrogen) atoms. The summed E-state index contributed by atoms with van der Waals surface area (Å²) < 4.78 is 52.7. The highest BCUT2D eigenvalue weighted by atomic mass is 35.5. The molecule has 1 heterocycles. The van der Waals surface area contributed by atoms with Crippen LogP contribution < -0.4 is 16.7 Å². The van der Waals surface area contributed by atoms with Crippen molar-refractivity contribution in [3.05, 3.63) is 100 Å². The first kappa shape index (κ1) is 31.7. The predicted molar refractivity (Wildman–Crippen MR) is 145 cm³/mol. The first-order valence-corrected chi connectivity index (χ1v) is 12.4. The van der Waals surface area contributed by atoms with Crippen molar-refractivity contribution < 1.29 is 37.0 Å². The highest BCUT2D eigenvalue weighted by molar-refractivity contribution is 6.30. The molecule has 0 spiro atoms. The lowest BCUT2D eigenvalue weighted by atomic mass is 10.00.